The van der Waals surface area contributed by atoms with Gasteiger partial charge in [-0.05, 0) is 31.2 Å². The number of nitrogens with one attached hydrogen (secondary N) is 2. The number of halogens is 1. The minimum Gasteiger partial charge on any atom is -0.465 e. The molecular weight excluding hydrogens is 433 g/mol. The Labute approximate surface area is 186 Å². The Morgan fingerprint density at radius 1 is 1.19 bits per heavy atom. The highest BCUT2D eigenvalue weighted by atomic mass is 32.1. The number of hydrogen-bond acceptors (Lipinski definition) is 7. The first-order valence-electron chi connectivity index (χ1n) is 9.64. The molecule has 8 nitrogen and oxygen atoms in total. The van der Waals surface area contributed by atoms with Gasteiger partial charge in [-0.25, -0.2) is 19.0 Å². The standard InChI is InChI=1S/C22H18FN5O3S/c1-3-25-21(30)28-22-27-18-17(23)14(12-8-13(11-24-10-12)20(29)31-2)9-15(19(18)32-22)16-6-4-5-7-26-16/h4-11H,3H2,1-2H3,(H2,25,27,28,30). The molecule has 162 valence electrons. The van der Waals surface area contributed by atoms with Gasteiger partial charge in [-0.3, -0.25) is 15.3 Å². The lowest BCUT2D eigenvalue weighted by molar-refractivity contribution is 0.0600. The molecule has 4 aromatic rings. The van der Waals surface area contributed by atoms with Crippen LogP contribution < -0.4 is 10.6 Å². The van der Waals surface area contributed by atoms with Crippen molar-refractivity contribution in [2.45, 2.75) is 6.92 Å². The van der Waals surface area contributed by atoms with Crippen LogP contribution in [0.25, 0.3) is 32.6 Å². The molecule has 2 N–H and O–H groups in total. The zero-order valence-electron chi connectivity index (χ0n) is 17.2. The van der Waals surface area contributed by atoms with Gasteiger partial charge in [0.2, 0.25) is 0 Å². The van der Waals surface area contributed by atoms with E-state index < -0.39 is 17.8 Å². The number of pyridine rings is 2. The van der Waals surface area contributed by atoms with Crippen LogP contribution in [0.1, 0.15) is 17.3 Å². The van der Waals surface area contributed by atoms with E-state index in [0.717, 1.165) is 11.3 Å². The first-order valence-corrected chi connectivity index (χ1v) is 10.5. The molecule has 3 aromatic heterocycles. The highest BCUT2D eigenvalue weighted by Crippen LogP contribution is 2.40. The summed E-state index contributed by atoms with van der Waals surface area (Å²) >= 11 is 1.15. The number of aromatic nitrogens is 3. The fourth-order valence-corrected chi connectivity index (χ4v) is 4.13. The van der Waals surface area contributed by atoms with E-state index >= 15 is 4.39 Å². The third kappa shape index (κ3) is 4.12. The first-order chi connectivity index (χ1) is 15.5. The molecule has 1 aromatic carbocycles. The highest BCUT2D eigenvalue weighted by molar-refractivity contribution is 7.22. The highest BCUT2D eigenvalue weighted by Gasteiger charge is 2.21. The van der Waals surface area contributed by atoms with Crippen molar-refractivity contribution in [1.29, 1.82) is 0 Å². The number of anilines is 1. The van der Waals surface area contributed by atoms with Crippen molar-refractivity contribution in [3.8, 4) is 22.4 Å². The van der Waals surface area contributed by atoms with Gasteiger partial charge in [-0.2, -0.15) is 0 Å². The number of fused-ring (bicyclic) bond motifs is 1. The zero-order valence-corrected chi connectivity index (χ0v) is 18.0. The summed E-state index contributed by atoms with van der Waals surface area (Å²) in [6, 6.07) is 8.13. The van der Waals surface area contributed by atoms with Crippen LogP contribution in [0.15, 0.2) is 48.9 Å². The molecular formula is C22H18FN5O3S. The summed E-state index contributed by atoms with van der Waals surface area (Å²) in [6.07, 6.45) is 4.44. The minimum atomic E-state index is -0.594. The molecule has 0 fully saturated rings. The van der Waals surface area contributed by atoms with Crippen molar-refractivity contribution in [2.75, 3.05) is 19.0 Å². The van der Waals surface area contributed by atoms with E-state index in [0.29, 0.717) is 28.1 Å². The Hall–Kier alpha value is -3.92. The molecule has 2 amide bonds. The number of ether oxygens (including phenoxy) is 1. The van der Waals surface area contributed by atoms with Gasteiger partial charge < -0.3 is 10.1 Å². The molecule has 0 unspecified atom stereocenters. The fourth-order valence-electron chi connectivity index (χ4n) is 3.15. The summed E-state index contributed by atoms with van der Waals surface area (Å²) in [5.41, 5.74) is 2.12. The van der Waals surface area contributed by atoms with Crippen molar-refractivity contribution in [2.24, 2.45) is 0 Å². The van der Waals surface area contributed by atoms with E-state index in [-0.39, 0.29) is 21.8 Å². The van der Waals surface area contributed by atoms with Crippen LogP contribution in [0.5, 0.6) is 0 Å². The number of methoxy groups -OCH3 is 1. The molecule has 0 spiro atoms. The van der Waals surface area contributed by atoms with Crippen molar-refractivity contribution in [1.82, 2.24) is 20.3 Å². The Morgan fingerprint density at radius 3 is 2.75 bits per heavy atom. The second kappa shape index (κ2) is 9.06. The number of carbonyl (C=O) groups is 2. The van der Waals surface area contributed by atoms with E-state index in [1.165, 1.54) is 25.6 Å². The largest absolute Gasteiger partial charge is 0.465 e. The lowest BCUT2D eigenvalue weighted by Crippen LogP contribution is -2.28. The Kier molecular flexibility index (Phi) is 6.04. The maximum atomic E-state index is 15.6. The van der Waals surface area contributed by atoms with Crippen molar-refractivity contribution in [3.05, 3.63) is 60.3 Å². The third-order valence-electron chi connectivity index (χ3n) is 4.57. The normalized spacial score (nSPS) is 10.7. The Bertz CT molecular complexity index is 1310. The topological polar surface area (TPSA) is 106 Å². The predicted octanol–water partition coefficient (Wildman–Crippen LogP) is 4.49. The van der Waals surface area contributed by atoms with Crippen LogP contribution in [0.4, 0.5) is 14.3 Å². The summed E-state index contributed by atoms with van der Waals surface area (Å²) < 4.78 is 20.9. The molecule has 4 rings (SSSR count). The van der Waals surface area contributed by atoms with Gasteiger partial charge in [0, 0.05) is 41.8 Å². The Balaban J connectivity index is 1.92. The average molecular weight is 451 g/mol. The molecule has 0 bridgehead atoms. The third-order valence-corrected chi connectivity index (χ3v) is 5.58. The Morgan fingerprint density at radius 2 is 2.03 bits per heavy atom. The number of benzene rings is 1. The van der Waals surface area contributed by atoms with Crippen LogP contribution in [-0.4, -0.2) is 40.6 Å². The number of esters is 1. The number of nitrogens with zero attached hydrogens (tertiary/aromatic N) is 3. The maximum Gasteiger partial charge on any atom is 0.339 e. The number of rotatable bonds is 5. The predicted molar refractivity (Wildman–Crippen MR) is 120 cm³/mol. The summed E-state index contributed by atoms with van der Waals surface area (Å²) in [6.45, 7) is 2.23. The van der Waals surface area contributed by atoms with E-state index in [1.54, 1.807) is 31.3 Å². The summed E-state index contributed by atoms with van der Waals surface area (Å²) in [5, 5.41) is 5.49. The number of amides is 2. The van der Waals surface area contributed by atoms with Gasteiger partial charge in [-0.1, -0.05) is 17.4 Å². The molecule has 0 aliphatic carbocycles. The SMILES string of the molecule is CCNC(=O)Nc1nc2c(F)c(-c3cncc(C(=O)OC)c3)cc(-c3ccccn3)c2s1. The van der Waals surface area contributed by atoms with E-state index in [9.17, 15) is 9.59 Å². The molecule has 10 heteroatoms. The molecule has 0 saturated heterocycles. The summed E-state index contributed by atoms with van der Waals surface area (Å²) in [5.74, 6) is -1.17. The van der Waals surface area contributed by atoms with Crippen LogP contribution >= 0.6 is 11.3 Å². The molecule has 0 aliphatic rings. The molecule has 0 aliphatic heterocycles. The van der Waals surface area contributed by atoms with E-state index in [4.69, 9.17) is 4.74 Å². The lowest BCUT2D eigenvalue weighted by Gasteiger charge is -2.09. The van der Waals surface area contributed by atoms with Crippen LogP contribution in [-0.2, 0) is 4.74 Å². The van der Waals surface area contributed by atoms with E-state index in [2.05, 4.69) is 25.6 Å². The van der Waals surface area contributed by atoms with Crippen molar-refractivity contribution < 1.29 is 18.7 Å². The maximum absolute atomic E-state index is 15.6. The second-order valence-corrected chi connectivity index (χ2v) is 7.63. The molecule has 0 radical (unpaired) electrons. The zero-order chi connectivity index (χ0) is 22.7. The number of urea groups is 1. The smallest absolute Gasteiger partial charge is 0.339 e. The summed E-state index contributed by atoms with van der Waals surface area (Å²) in [7, 11) is 1.26. The van der Waals surface area contributed by atoms with Gasteiger partial charge in [0.05, 0.1) is 23.1 Å². The number of carbonyl (C=O) groups excluding carboxylic acids is 2. The van der Waals surface area contributed by atoms with Gasteiger partial charge in [-0.15, -0.1) is 0 Å². The fraction of sp³-hybridized carbons (Fsp3) is 0.136. The van der Waals surface area contributed by atoms with Gasteiger partial charge in [0.25, 0.3) is 0 Å². The minimum absolute atomic E-state index is 0.0865. The quantitative estimate of drug-likeness (QED) is 0.433. The summed E-state index contributed by atoms with van der Waals surface area (Å²) in [4.78, 5) is 36.6. The molecule has 0 saturated carbocycles. The van der Waals surface area contributed by atoms with Crippen LogP contribution in [0.2, 0.25) is 0 Å². The second-order valence-electron chi connectivity index (χ2n) is 6.64. The van der Waals surface area contributed by atoms with Crippen molar-refractivity contribution >= 4 is 38.7 Å². The number of thiazole rings is 1. The van der Waals surface area contributed by atoms with Crippen molar-refractivity contribution in [3.63, 3.8) is 0 Å². The number of hydrogen-bond donors (Lipinski definition) is 2. The lowest BCUT2D eigenvalue weighted by atomic mass is 10.00. The van der Waals surface area contributed by atoms with Gasteiger partial charge >= 0.3 is 12.0 Å². The van der Waals surface area contributed by atoms with Crippen LogP contribution in [0.3, 0.4) is 0 Å². The first kappa shape index (κ1) is 21.3. The van der Waals surface area contributed by atoms with Gasteiger partial charge in [0.15, 0.2) is 10.9 Å². The van der Waals surface area contributed by atoms with E-state index in [1.807, 2.05) is 6.07 Å². The monoisotopic (exact) mass is 451 g/mol. The molecule has 3 heterocycles. The van der Waals surface area contributed by atoms with Gasteiger partial charge in [0.1, 0.15) is 5.52 Å². The average Bonchev–Trinajstić information content (AvgIpc) is 3.23. The molecule has 0 atom stereocenters. The van der Waals surface area contributed by atoms with Crippen LogP contribution in [0, 0.1) is 5.82 Å². The molecule has 32 heavy (non-hydrogen) atoms.